The molecular formula is C9H12FN2O8P. The summed E-state index contributed by atoms with van der Waals surface area (Å²) >= 11 is 0. The highest BCUT2D eigenvalue weighted by Crippen LogP contribution is 2.44. The molecule has 12 heteroatoms. The van der Waals surface area contributed by atoms with Crippen molar-refractivity contribution in [2.75, 3.05) is 6.61 Å². The maximum Gasteiger partial charge on any atom is 0.470 e. The molecule has 1 aliphatic heterocycles. The van der Waals surface area contributed by atoms with Crippen molar-refractivity contribution in [2.24, 2.45) is 0 Å². The van der Waals surface area contributed by atoms with E-state index in [0.29, 0.717) is 4.57 Å². The number of rotatable bonds is 4. The van der Waals surface area contributed by atoms with Gasteiger partial charge in [-0.15, -0.1) is 0 Å². The van der Waals surface area contributed by atoms with E-state index in [4.69, 9.17) is 19.6 Å². The highest BCUT2D eigenvalue weighted by atomic mass is 31.2. The zero-order valence-electron chi connectivity index (χ0n) is 10.3. The third-order valence-corrected chi connectivity index (χ3v) is 3.35. The van der Waals surface area contributed by atoms with Crippen molar-refractivity contribution in [1.29, 1.82) is 0 Å². The van der Waals surface area contributed by atoms with Crippen LogP contribution in [0.1, 0.15) is 6.23 Å². The molecule has 2 rings (SSSR count). The van der Waals surface area contributed by atoms with Gasteiger partial charge in [0.15, 0.2) is 12.4 Å². The second-order valence-electron chi connectivity index (χ2n) is 4.27. The lowest BCUT2D eigenvalue weighted by molar-refractivity contribution is -0.0487. The second kappa shape index (κ2) is 5.79. The molecule has 21 heavy (non-hydrogen) atoms. The van der Waals surface area contributed by atoms with Gasteiger partial charge in [-0.05, 0) is 0 Å². The molecule has 4 unspecified atom stereocenters. The number of hydrogen-bond donors (Lipinski definition) is 4. The van der Waals surface area contributed by atoms with Gasteiger partial charge >= 0.3 is 13.5 Å². The molecule has 0 aromatic carbocycles. The zero-order valence-corrected chi connectivity index (χ0v) is 11.2. The number of aliphatic hydroxyl groups excluding tert-OH is 1. The largest absolute Gasteiger partial charge is 0.470 e. The van der Waals surface area contributed by atoms with Crippen LogP contribution in [0.15, 0.2) is 21.9 Å². The molecule has 0 spiro atoms. The molecule has 1 aromatic heterocycles. The van der Waals surface area contributed by atoms with Crippen LogP contribution in [-0.4, -0.2) is 49.4 Å². The second-order valence-corrected chi connectivity index (χ2v) is 5.46. The van der Waals surface area contributed by atoms with E-state index >= 15 is 0 Å². The fourth-order valence-electron chi connectivity index (χ4n) is 1.98. The van der Waals surface area contributed by atoms with Gasteiger partial charge in [-0.25, -0.2) is 13.8 Å². The average Bonchev–Trinajstić information content (AvgIpc) is 2.65. The van der Waals surface area contributed by atoms with Crippen LogP contribution in [0.5, 0.6) is 0 Å². The van der Waals surface area contributed by atoms with Crippen molar-refractivity contribution >= 4 is 7.82 Å². The number of H-pyrrole nitrogens is 1. The predicted molar refractivity (Wildman–Crippen MR) is 64.1 cm³/mol. The van der Waals surface area contributed by atoms with Crippen LogP contribution in [-0.2, 0) is 13.8 Å². The molecule has 4 N–H and O–H groups in total. The standard InChI is InChI=1S/C9H12FN2O8P/c10-6-7(20-21(16,17)18)4(3-13)19-8(6)12-2-1-5(14)11-9(12)15/h1-2,4,6-8,13H,3H2,(H,11,14,15)(H2,16,17,18). The van der Waals surface area contributed by atoms with E-state index in [-0.39, 0.29) is 0 Å². The van der Waals surface area contributed by atoms with Crippen molar-refractivity contribution in [1.82, 2.24) is 9.55 Å². The van der Waals surface area contributed by atoms with E-state index in [1.54, 1.807) is 0 Å². The normalized spacial score (nSPS) is 29.7. The van der Waals surface area contributed by atoms with Crippen molar-refractivity contribution in [3.8, 4) is 0 Å². The Labute approximate surface area is 116 Å². The summed E-state index contributed by atoms with van der Waals surface area (Å²) in [5, 5.41) is 9.06. The van der Waals surface area contributed by atoms with Gasteiger partial charge in [0.05, 0.1) is 6.61 Å². The molecule has 0 radical (unpaired) electrons. The molecule has 0 amide bonds. The van der Waals surface area contributed by atoms with Crippen LogP contribution in [0, 0.1) is 0 Å². The maximum atomic E-state index is 14.2. The lowest BCUT2D eigenvalue weighted by Gasteiger charge is -2.18. The van der Waals surface area contributed by atoms with Gasteiger partial charge in [0.2, 0.25) is 0 Å². The number of nitrogens with one attached hydrogen (secondary N) is 1. The molecule has 0 aliphatic carbocycles. The summed E-state index contributed by atoms with van der Waals surface area (Å²) in [7, 11) is -5.02. The fourth-order valence-corrected chi connectivity index (χ4v) is 2.55. The molecule has 1 aromatic rings. The number of aliphatic hydroxyl groups is 1. The van der Waals surface area contributed by atoms with E-state index in [2.05, 4.69) is 4.52 Å². The number of nitrogens with zero attached hydrogens (tertiary/aromatic N) is 1. The highest BCUT2D eigenvalue weighted by Gasteiger charge is 2.49. The summed E-state index contributed by atoms with van der Waals surface area (Å²) in [5.41, 5.74) is -1.67. The van der Waals surface area contributed by atoms with Gasteiger partial charge in [0.1, 0.15) is 12.2 Å². The Hall–Kier alpha value is -1.36. The van der Waals surface area contributed by atoms with Gasteiger partial charge in [-0.3, -0.25) is 18.9 Å². The third-order valence-electron chi connectivity index (χ3n) is 2.83. The molecule has 0 saturated carbocycles. The van der Waals surface area contributed by atoms with E-state index in [9.17, 15) is 18.5 Å². The van der Waals surface area contributed by atoms with Crippen LogP contribution >= 0.6 is 7.82 Å². The number of aromatic amines is 1. The average molecular weight is 326 g/mol. The smallest absolute Gasteiger partial charge is 0.394 e. The van der Waals surface area contributed by atoms with Crippen LogP contribution in [0.2, 0.25) is 0 Å². The highest BCUT2D eigenvalue weighted by molar-refractivity contribution is 7.46. The molecule has 10 nitrogen and oxygen atoms in total. The van der Waals surface area contributed by atoms with Crippen molar-refractivity contribution < 1.29 is 33.1 Å². The monoisotopic (exact) mass is 326 g/mol. The number of alkyl halides is 1. The number of halogens is 1. The Kier molecular flexibility index (Phi) is 4.42. The lowest BCUT2D eigenvalue weighted by atomic mass is 10.1. The summed E-state index contributed by atoms with van der Waals surface area (Å²) in [6.07, 6.45) is -5.91. The molecule has 118 valence electrons. The maximum absolute atomic E-state index is 14.2. The fraction of sp³-hybridized carbons (Fsp3) is 0.556. The Bertz CT molecular complexity index is 668. The first-order chi connectivity index (χ1) is 9.73. The van der Waals surface area contributed by atoms with E-state index in [1.807, 2.05) is 4.98 Å². The molecule has 2 heterocycles. The Balaban J connectivity index is 2.33. The quantitative estimate of drug-likeness (QED) is 0.475. The zero-order chi connectivity index (χ0) is 15.8. The minimum Gasteiger partial charge on any atom is -0.394 e. The molecule has 0 bridgehead atoms. The Morgan fingerprint density at radius 2 is 2.14 bits per heavy atom. The Morgan fingerprint density at radius 3 is 2.67 bits per heavy atom. The SMILES string of the molecule is O=c1ccn(C2OC(CO)C(OP(=O)(O)O)C2F)c(=O)[nH]1. The van der Waals surface area contributed by atoms with Gasteiger partial charge in [-0.2, -0.15) is 0 Å². The minimum absolute atomic E-state index is 0.692. The number of hydrogen-bond acceptors (Lipinski definition) is 6. The van der Waals surface area contributed by atoms with E-state index in [0.717, 1.165) is 12.3 Å². The minimum atomic E-state index is -5.02. The summed E-state index contributed by atoms with van der Waals surface area (Å²) in [5.74, 6) is 0. The Morgan fingerprint density at radius 1 is 1.48 bits per heavy atom. The van der Waals surface area contributed by atoms with E-state index in [1.165, 1.54) is 0 Å². The lowest BCUT2D eigenvalue weighted by Crippen LogP contribution is -2.36. The predicted octanol–water partition coefficient (Wildman–Crippen LogP) is -1.76. The summed E-state index contributed by atoms with van der Waals surface area (Å²) in [6.45, 7) is -0.778. The van der Waals surface area contributed by atoms with E-state index < -0.39 is 50.3 Å². The van der Waals surface area contributed by atoms with Crippen molar-refractivity contribution in [2.45, 2.75) is 24.6 Å². The van der Waals surface area contributed by atoms with Gasteiger partial charge < -0.3 is 19.6 Å². The first-order valence-electron chi connectivity index (χ1n) is 5.69. The number of aromatic nitrogens is 2. The van der Waals surface area contributed by atoms with Gasteiger partial charge in [0, 0.05) is 12.3 Å². The first-order valence-corrected chi connectivity index (χ1v) is 7.22. The third kappa shape index (κ3) is 3.46. The van der Waals surface area contributed by atoms with Crippen LogP contribution in [0.25, 0.3) is 0 Å². The number of ether oxygens (including phenoxy) is 1. The molecule has 1 fully saturated rings. The molecular weight excluding hydrogens is 314 g/mol. The topological polar surface area (TPSA) is 151 Å². The summed E-state index contributed by atoms with van der Waals surface area (Å²) < 4.78 is 35.0. The summed E-state index contributed by atoms with van der Waals surface area (Å²) in [4.78, 5) is 41.8. The van der Waals surface area contributed by atoms with Gasteiger partial charge in [-0.1, -0.05) is 0 Å². The van der Waals surface area contributed by atoms with Crippen LogP contribution < -0.4 is 11.2 Å². The first kappa shape index (κ1) is 16.0. The summed E-state index contributed by atoms with van der Waals surface area (Å²) in [6, 6.07) is 0.947. The van der Waals surface area contributed by atoms with Crippen LogP contribution in [0.4, 0.5) is 4.39 Å². The molecule has 1 saturated heterocycles. The van der Waals surface area contributed by atoms with Crippen molar-refractivity contribution in [3.05, 3.63) is 33.1 Å². The molecule has 1 aliphatic rings. The van der Waals surface area contributed by atoms with Crippen LogP contribution in [0.3, 0.4) is 0 Å². The molecule has 4 atom stereocenters. The van der Waals surface area contributed by atoms with Crippen molar-refractivity contribution in [3.63, 3.8) is 0 Å². The number of phosphoric ester groups is 1. The number of phosphoric acid groups is 1. The van der Waals surface area contributed by atoms with Gasteiger partial charge in [0.25, 0.3) is 5.56 Å².